The molecular formula is C17H23N3O4S. The van der Waals surface area contributed by atoms with Crippen molar-refractivity contribution in [3.05, 3.63) is 30.1 Å². The Balaban J connectivity index is 1.88. The summed E-state index contributed by atoms with van der Waals surface area (Å²) in [6, 6.07) is 7.81. The van der Waals surface area contributed by atoms with Crippen molar-refractivity contribution in [3.8, 4) is 0 Å². The lowest BCUT2D eigenvalue weighted by Gasteiger charge is -2.36. The quantitative estimate of drug-likeness (QED) is 0.867. The number of hydrogen-bond acceptors (Lipinski definition) is 4. The lowest BCUT2D eigenvalue weighted by molar-refractivity contribution is -0.138. The normalized spacial score (nSPS) is 22.3. The van der Waals surface area contributed by atoms with E-state index in [4.69, 9.17) is 0 Å². The molecule has 1 N–H and O–H groups in total. The van der Waals surface area contributed by atoms with Gasteiger partial charge in [-0.2, -0.15) is 0 Å². The number of aromatic nitrogens is 2. The molecule has 0 bridgehead atoms. The second-order valence-electron chi connectivity index (χ2n) is 6.81. The van der Waals surface area contributed by atoms with Crippen LogP contribution in [0.3, 0.4) is 0 Å². The average Bonchev–Trinajstić information content (AvgIpc) is 2.84. The first kappa shape index (κ1) is 17.9. The number of para-hydroxylation sites is 2. The van der Waals surface area contributed by atoms with Gasteiger partial charge in [-0.05, 0) is 30.4 Å². The Morgan fingerprint density at radius 2 is 2.04 bits per heavy atom. The predicted octanol–water partition coefficient (Wildman–Crippen LogP) is 1.49. The predicted molar refractivity (Wildman–Crippen MR) is 94.7 cm³/mol. The van der Waals surface area contributed by atoms with Gasteiger partial charge in [0, 0.05) is 33.0 Å². The summed E-state index contributed by atoms with van der Waals surface area (Å²) in [4.78, 5) is 15.9. The molecule has 0 saturated carbocycles. The van der Waals surface area contributed by atoms with Gasteiger partial charge in [-0.1, -0.05) is 12.1 Å². The molecule has 3 rings (SSSR count). The number of nitrogens with zero attached hydrogens (tertiary/aromatic N) is 3. The molecule has 25 heavy (non-hydrogen) atoms. The van der Waals surface area contributed by atoms with E-state index in [1.807, 2.05) is 35.9 Å². The molecular weight excluding hydrogens is 342 g/mol. The van der Waals surface area contributed by atoms with Crippen molar-refractivity contribution in [2.24, 2.45) is 18.9 Å². The van der Waals surface area contributed by atoms with Crippen LogP contribution in [0.25, 0.3) is 11.0 Å². The number of aliphatic carboxylic acids is 1. The van der Waals surface area contributed by atoms with Gasteiger partial charge in [0.15, 0.2) is 0 Å². The third-order valence-electron chi connectivity index (χ3n) is 5.08. The van der Waals surface area contributed by atoms with E-state index >= 15 is 0 Å². The molecule has 2 atom stereocenters. The fraction of sp³-hybridized carbons (Fsp3) is 0.529. The standard InChI is InChI=1S/C17H23N3O4S/c1-19-15-6-4-3-5-14(15)18-16(19)9-13-11-20(25(2,23)24)8-7-12(13)10-17(21)22/h3-6,12-13H,7-11H2,1-2H3,(H,21,22). The number of benzene rings is 1. The lowest BCUT2D eigenvalue weighted by atomic mass is 9.82. The molecule has 1 aliphatic rings. The summed E-state index contributed by atoms with van der Waals surface area (Å²) in [5, 5.41) is 9.19. The molecule has 0 aliphatic carbocycles. The monoisotopic (exact) mass is 365 g/mol. The summed E-state index contributed by atoms with van der Waals surface area (Å²) in [5.41, 5.74) is 1.91. The van der Waals surface area contributed by atoms with Crippen molar-refractivity contribution < 1.29 is 18.3 Å². The van der Waals surface area contributed by atoms with Crippen LogP contribution in [0, 0.1) is 11.8 Å². The third-order valence-corrected chi connectivity index (χ3v) is 6.35. The average molecular weight is 365 g/mol. The maximum atomic E-state index is 11.9. The van der Waals surface area contributed by atoms with Crippen LogP contribution >= 0.6 is 0 Å². The van der Waals surface area contributed by atoms with E-state index in [0.29, 0.717) is 25.9 Å². The molecule has 2 heterocycles. The lowest BCUT2D eigenvalue weighted by Crippen LogP contribution is -2.44. The Bertz CT molecular complexity index is 890. The highest BCUT2D eigenvalue weighted by Crippen LogP contribution is 2.31. The topological polar surface area (TPSA) is 92.5 Å². The zero-order chi connectivity index (χ0) is 18.2. The summed E-state index contributed by atoms with van der Waals surface area (Å²) in [7, 11) is -1.34. The van der Waals surface area contributed by atoms with Gasteiger partial charge in [0.25, 0.3) is 0 Å². The first-order valence-corrected chi connectivity index (χ1v) is 10.2. The summed E-state index contributed by atoms with van der Waals surface area (Å²) >= 11 is 0. The van der Waals surface area contributed by atoms with E-state index in [1.54, 1.807) is 0 Å². The summed E-state index contributed by atoms with van der Waals surface area (Å²) in [6.07, 6.45) is 2.39. The van der Waals surface area contributed by atoms with E-state index in [1.165, 1.54) is 10.6 Å². The van der Waals surface area contributed by atoms with Crippen LogP contribution in [0.4, 0.5) is 0 Å². The number of hydrogen-bond donors (Lipinski definition) is 1. The van der Waals surface area contributed by atoms with Crippen LogP contribution in [0.2, 0.25) is 0 Å². The molecule has 2 unspecified atom stereocenters. The molecule has 2 aromatic rings. The highest BCUT2D eigenvalue weighted by molar-refractivity contribution is 7.88. The number of carboxylic acid groups (broad SMARTS) is 1. The van der Waals surface area contributed by atoms with Gasteiger partial charge in [-0.15, -0.1) is 0 Å². The molecule has 1 aliphatic heterocycles. The largest absolute Gasteiger partial charge is 0.481 e. The fourth-order valence-electron chi connectivity index (χ4n) is 3.69. The van der Waals surface area contributed by atoms with Gasteiger partial charge in [-0.3, -0.25) is 4.79 Å². The molecule has 8 heteroatoms. The van der Waals surface area contributed by atoms with E-state index in [0.717, 1.165) is 16.9 Å². The zero-order valence-electron chi connectivity index (χ0n) is 14.4. The number of piperidine rings is 1. The van der Waals surface area contributed by atoms with Gasteiger partial charge >= 0.3 is 5.97 Å². The SMILES string of the molecule is Cn1c(CC2CN(S(C)(=O)=O)CCC2CC(=O)O)nc2ccccc21. The molecule has 1 saturated heterocycles. The number of imidazole rings is 1. The van der Waals surface area contributed by atoms with Crippen molar-refractivity contribution in [1.29, 1.82) is 0 Å². The number of carboxylic acids is 1. The Morgan fingerprint density at radius 1 is 1.32 bits per heavy atom. The number of fused-ring (bicyclic) bond motifs is 1. The summed E-state index contributed by atoms with van der Waals surface area (Å²) in [5.74, 6) is -0.0878. The van der Waals surface area contributed by atoms with Crippen molar-refractivity contribution >= 4 is 27.0 Å². The molecule has 1 aromatic carbocycles. The second-order valence-corrected chi connectivity index (χ2v) is 8.79. The van der Waals surface area contributed by atoms with Crippen LogP contribution in [-0.4, -0.2) is 52.7 Å². The Morgan fingerprint density at radius 3 is 2.68 bits per heavy atom. The highest BCUT2D eigenvalue weighted by atomic mass is 32.2. The number of rotatable bonds is 5. The first-order valence-electron chi connectivity index (χ1n) is 8.33. The molecule has 136 valence electrons. The van der Waals surface area contributed by atoms with Crippen LogP contribution in [-0.2, 0) is 28.3 Å². The molecule has 0 spiro atoms. The van der Waals surface area contributed by atoms with Crippen LogP contribution in [0.1, 0.15) is 18.7 Å². The van der Waals surface area contributed by atoms with E-state index in [9.17, 15) is 18.3 Å². The van der Waals surface area contributed by atoms with Gasteiger partial charge in [0.05, 0.1) is 17.3 Å². The minimum Gasteiger partial charge on any atom is -0.481 e. The summed E-state index contributed by atoms with van der Waals surface area (Å²) < 4.78 is 27.3. The van der Waals surface area contributed by atoms with Gasteiger partial charge in [0.2, 0.25) is 10.0 Å². The maximum Gasteiger partial charge on any atom is 0.303 e. The fourth-order valence-corrected chi connectivity index (χ4v) is 4.58. The zero-order valence-corrected chi connectivity index (χ0v) is 15.2. The van der Waals surface area contributed by atoms with E-state index in [2.05, 4.69) is 4.98 Å². The minimum absolute atomic E-state index is 0.0460. The van der Waals surface area contributed by atoms with Gasteiger partial charge in [-0.25, -0.2) is 17.7 Å². The number of sulfonamides is 1. The highest BCUT2D eigenvalue weighted by Gasteiger charge is 2.35. The molecule has 0 radical (unpaired) electrons. The number of carbonyl (C=O) groups is 1. The van der Waals surface area contributed by atoms with Crippen LogP contribution < -0.4 is 0 Å². The second kappa shape index (κ2) is 6.76. The smallest absolute Gasteiger partial charge is 0.303 e. The molecule has 1 fully saturated rings. The van der Waals surface area contributed by atoms with Crippen molar-refractivity contribution in [3.63, 3.8) is 0 Å². The molecule has 7 nitrogen and oxygen atoms in total. The Labute approximate surface area is 147 Å². The van der Waals surface area contributed by atoms with E-state index in [-0.39, 0.29) is 18.3 Å². The van der Waals surface area contributed by atoms with Crippen molar-refractivity contribution in [2.45, 2.75) is 19.3 Å². The van der Waals surface area contributed by atoms with Crippen LogP contribution in [0.15, 0.2) is 24.3 Å². The number of aryl methyl sites for hydroxylation is 1. The minimum atomic E-state index is -3.28. The first-order chi connectivity index (χ1) is 11.8. The van der Waals surface area contributed by atoms with Gasteiger partial charge in [0.1, 0.15) is 5.82 Å². The van der Waals surface area contributed by atoms with E-state index < -0.39 is 16.0 Å². The third kappa shape index (κ3) is 3.85. The van der Waals surface area contributed by atoms with Crippen LogP contribution in [0.5, 0.6) is 0 Å². The summed E-state index contributed by atoms with van der Waals surface area (Å²) in [6.45, 7) is 0.732. The molecule has 1 aromatic heterocycles. The van der Waals surface area contributed by atoms with Crippen molar-refractivity contribution in [2.75, 3.05) is 19.3 Å². The van der Waals surface area contributed by atoms with Gasteiger partial charge < -0.3 is 9.67 Å². The maximum absolute atomic E-state index is 11.9. The van der Waals surface area contributed by atoms with Crippen molar-refractivity contribution in [1.82, 2.24) is 13.9 Å². The Hall–Kier alpha value is -1.93. The Kier molecular flexibility index (Phi) is 4.83. The molecule has 0 amide bonds.